The number of nitrogens with one attached hydrogen (secondary N) is 1. The summed E-state index contributed by atoms with van der Waals surface area (Å²) in [7, 11) is 3.17. The zero-order valence-corrected chi connectivity index (χ0v) is 17.1. The number of alkyl halides is 2. The van der Waals surface area contributed by atoms with Gasteiger partial charge in [0.25, 0.3) is 0 Å². The molecule has 1 aliphatic rings. The lowest BCUT2D eigenvalue weighted by molar-refractivity contribution is -0.0512. The fourth-order valence-corrected chi connectivity index (χ4v) is 2.75. The van der Waals surface area contributed by atoms with Crippen LogP contribution in [-0.2, 0) is 6.54 Å². The van der Waals surface area contributed by atoms with Crippen molar-refractivity contribution >= 4 is 29.9 Å². The molecule has 0 amide bonds. The number of halogens is 3. The van der Waals surface area contributed by atoms with Crippen LogP contribution in [-0.4, -0.2) is 44.7 Å². The predicted octanol–water partition coefficient (Wildman–Crippen LogP) is 3.72. The van der Waals surface area contributed by atoms with Crippen molar-refractivity contribution in [3.63, 3.8) is 0 Å². The van der Waals surface area contributed by atoms with E-state index in [0.717, 1.165) is 43.4 Å². The molecule has 0 saturated carbocycles. The Morgan fingerprint density at radius 3 is 2.56 bits per heavy atom. The molecule has 1 aromatic rings. The molecule has 1 aliphatic heterocycles. The van der Waals surface area contributed by atoms with Gasteiger partial charge in [-0.15, -0.1) is 24.0 Å². The zero-order chi connectivity index (χ0) is 17.5. The average molecular weight is 469 g/mol. The minimum atomic E-state index is -2.88. The summed E-state index contributed by atoms with van der Waals surface area (Å²) in [6.07, 6.45) is 2.30. The largest absolute Gasteiger partial charge is 0.493 e. The van der Waals surface area contributed by atoms with Gasteiger partial charge in [0.15, 0.2) is 17.5 Å². The summed E-state index contributed by atoms with van der Waals surface area (Å²) in [5, 5.41) is 3.28. The fourth-order valence-electron chi connectivity index (χ4n) is 2.75. The monoisotopic (exact) mass is 469 g/mol. The van der Waals surface area contributed by atoms with Crippen LogP contribution in [0.3, 0.4) is 0 Å². The van der Waals surface area contributed by atoms with Crippen molar-refractivity contribution in [3.8, 4) is 11.5 Å². The third kappa shape index (κ3) is 6.48. The molecule has 1 N–H and O–H groups in total. The molecule has 1 heterocycles. The Balaban J connectivity index is 0.00000312. The van der Waals surface area contributed by atoms with Crippen molar-refractivity contribution in [2.75, 3.05) is 27.2 Å². The van der Waals surface area contributed by atoms with Crippen molar-refractivity contribution in [3.05, 3.63) is 23.8 Å². The third-order valence-corrected chi connectivity index (χ3v) is 4.19. The highest BCUT2D eigenvalue weighted by Crippen LogP contribution is 2.29. The Hall–Kier alpha value is -1.32. The number of nitrogens with zero attached hydrogens (tertiary/aromatic N) is 2. The molecule has 142 valence electrons. The summed E-state index contributed by atoms with van der Waals surface area (Å²) < 4.78 is 34.5. The molecule has 0 spiro atoms. The number of benzene rings is 1. The van der Waals surface area contributed by atoms with E-state index in [-0.39, 0.29) is 35.5 Å². The molecule has 0 unspecified atom stereocenters. The van der Waals surface area contributed by atoms with E-state index in [1.165, 1.54) is 7.11 Å². The van der Waals surface area contributed by atoms with E-state index in [1.807, 2.05) is 6.07 Å². The van der Waals surface area contributed by atoms with E-state index in [2.05, 4.69) is 26.9 Å². The van der Waals surface area contributed by atoms with Gasteiger partial charge in [0.1, 0.15) is 0 Å². The Bertz CT molecular complexity index is 565. The van der Waals surface area contributed by atoms with E-state index in [1.54, 1.807) is 19.2 Å². The van der Waals surface area contributed by atoms with E-state index >= 15 is 0 Å². The second kappa shape index (κ2) is 10.6. The van der Waals surface area contributed by atoms with Crippen molar-refractivity contribution < 1.29 is 18.3 Å². The number of aliphatic imine (C=N–C) groups is 1. The zero-order valence-electron chi connectivity index (χ0n) is 14.8. The molecule has 0 bridgehead atoms. The van der Waals surface area contributed by atoms with Crippen LogP contribution in [0.2, 0.25) is 0 Å². The van der Waals surface area contributed by atoms with Crippen molar-refractivity contribution in [1.82, 2.24) is 10.2 Å². The van der Waals surface area contributed by atoms with Crippen molar-refractivity contribution in [1.29, 1.82) is 0 Å². The number of hydrogen-bond acceptors (Lipinski definition) is 3. The molecule has 1 saturated heterocycles. The molecule has 25 heavy (non-hydrogen) atoms. The van der Waals surface area contributed by atoms with Crippen LogP contribution in [0.1, 0.15) is 25.3 Å². The molecule has 0 aliphatic carbocycles. The molecule has 0 atom stereocenters. The first kappa shape index (κ1) is 21.7. The number of guanidine groups is 1. The van der Waals surface area contributed by atoms with E-state index in [4.69, 9.17) is 4.74 Å². The maximum absolute atomic E-state index is 12.5. The standard InChI is InChI=1S/C17H25F2N3O2.HI/c1-12-6-8-22(9-7-12)17(20-2)21-11-13-4-5-14(23-3)15(10-13)24-16(18)19;/h4-5,10,12,16H,6-9,11H2,1-3H3,(H,20,21);1H. The van der Waals surface area contributed by atoms with Gasteiger partial charge in [0, 0.05) is 26.7 Å². The Kier molecular flexibility index (Phi) is 9.23. The van der Waals surface area contributed by atoms with Gasteiger partial charge in [-0.2, -0.15) is 8.78 Å². The van der Waals surface area contributed by atoms with Gasteiger partial charge < -0.3 is 19.7 Å². The molecule has 2 rings (SSSR count). The van der Waals surface area contributed by atoms with Gasteiger partial charge in [-0.3, -0.25) is 4.99 Å². The number of methoxy groups -OCH3 is 1. The fraction of sp³-hybridized carbons (Fsp3) is 0.588. The first-order chi connectivity index (χ1) is 11.5. The van der Waals surface area contributed by atoms with Crippen LogP contribution in [0.4, 0.5) is 8.78 Å². The van der Waals surface area contributed by atoms with Gasteiger partial charge >= 0.3 is 6.61 Å². The maximum atomic E-state index is 12.5. The second-order valence-corrected chi connectivity index (χ2v) is 5.93. The lowest BCUT2D eigenvalue weighted by atomic mass is 9.99. The average Bonchev–Trinajstić information content (AvgIpc) is 2.56. The smallest absolute Gasteiger partial charge is 0.387 e. The molecular formula is C17H26F2IN3O2. The topological polar surface area (TPSA) is 46.1 Å². The highest BCUT2D eigenvalue weighted by Gasteiger charge is 2.18. The second-order valence-electron chi connectivity index (χ2n) is 5.93. The van der Waals surface area contributed by atoms with E-state index in [9.17, 15) is 8.78 Å². The summed E-state index contributed by atoms with van der Waals surface area (Å²) in [5.41, 5.74) is 0.818. The summed E-state index contributed by atoms with van der Waals surface area (Å²) in [6.45, 7) is 1.80. The van der Waals surface area contributed by atoms with Crippen LogP contribution in [0.25, 0.3) is 0 Å². The number of piperidine rings is 1. The quantitative estimate of drug-likeness (QED) is 0.406. The van der Waals surface area contributed by atoms with Crippen LogP contribution in [0.5, 0.6) is 11.5 Å². The third-order valence-electron chi connectivity index (χ3n) is 4.19. The lowest BCUT2D eigenvalue weighted by Gasteiger charge is -2.33. The van der Waals surface area contributed by atoms with Gasteiger partial charge in [0.05, 0.1) is 7.11 Å². The molecule has 0 radical (unpaired) electrons. The molecular weight excluding hydrogens is 443 g/mol. The molecule has 5 nitrogen and oxygen atoms in total. The Morgan fingerprint density at radius 2 is 2.00 bits per heavy atom. The maximum Gasteiger partial charge on any atom is 0.387 e. The van der Waals surface area contributed by atoms with Crippen LogP contribution in [0, 0.1) is 5.92 Å². The minimum absolute atomic E-state index is 0. The number of rotatable bonds is 5. The van der Waals surface area contributed by atoms with Gasteiger partial charge in [-0.05, 0) is 36.5 Å². The van der Waals surface area contributed by atoms with Crippen molar-refractivity contribution in [2.24, 2.45) is 10.9 Å². The number of hydrogen-bond donors (Lipinski definition) is 1. The van der Waals surface area contributed by atoms with E-state index in [0.29, 0.717) is 6.54 Å². The van der Waals surface area contributed by atoms with E-state index < -0.39 is 6.61 Å². The van der Waals surface area contributed by atoms with Crippen LogP contribution < -0.4 is 14.8 Å². The van der Waals surface area contributed by atoms with Crippen LogP contribution in [0.15, 0.2) is 23.2 Å². The van der Waals surface area contributed by atoms with Crippen LogP contribution >= 0.6 is 24.0 Å². The first-order valence-electron chi connectivity index (χ1n) is 8.10. The summed E-state index contributed by atoms with van der Waals surface area (Å²) in [6, 6.07) is 5.00. The minimum Gasteiger partial charge on any atom is -0.493 e. The van der Waals surface area contributed by atoms with Crippen molar-refractivity contribution in [2.45, 2.75) is 32.9 Å². The SMILES string of the molecule is CN=C(NCc1ccc(OC)c(OC(F)F)c1)N1CCC(C)CC1.I. The lowest BCUT2D eigenvalue weighted by Crippen LogP contribution is -2.45. The Labute approximate surface area is 164 Å². The summed E-state index contributed by atoms with van der Waals surface area (Å²) >= 11 is 0. The summed E-state index contributed by atoms with van der Waals surface area (Å²) in [5.74, 6) is 1.89. The number of likely N-dealkylation sites (tertiary alicyclic amines) is 1. The molecule has 1 aromatic carbocycles. The van der Waals surface area contributed by atoms with Gasteiger partial charge in [-0.1, -0.05) is 13.0 Å². The van der Waals surface area contributed by atoms with Gasteiger partial charge in [0.2, 0.25) is 0 Å². The highest BCUT2D eigenvalue weighted by atomic mass is 127. The normalized spacial score (nSPS) is 15.8. The number of ether oxygens (including phenoxy) is 2. The molecule has 1 fully saturated rings. The predicted molar refractivity (Wildman–Crippen MR) is 105 cm³/mol. The molecule has 0 aromatic heterocycles. The first-order valence-corrected chi connectivity index (χ1v) is 8.10. The Morgan fingerprint density at radius 1 is 1.32 bits per heavy atom. The summed E-state index contributed by atoms with van der Waals surface area (Å²) in [4.78, 5) is 6.53. The van der Waals surface area contributed by atoms with Gasteiger partial charge in [-0.25, -0.2) is 0 Å². The highest BCUT2D eigenvalue weighted by molar-refractivity contribution is 14.0. The molecule has 8 heteroatoms.